The lowest BCUT2D eigenvalue weighted by atomic mass is 9.87. The van der Waals surface area contributed by atoms with Crippen molar-refractivity contribution in [2.45, 2.75) is 5.92 Å². The first-order valence-electron chi connectivity index (χ1n) is 6.51. The van der Waals surface area contributed by atoms with Crippen LogP contribution in [-0.4, -0.2) is 11.7 Å². The number of para-hydroxylation sites is 1. The van der Waals surface area contributed by atoms with Crippen molar-refractivity contribution in [2.75, 3.05) is 4.90 Å². The van der Waals surface area contributed by atoms with Crippen molar-refractivity contribution in [2.24, 2.45) is 0 Å². The molecule has 0 spiro atoms. The molecule has 3 heteroatoms. The van der Waals surface area contributed by atoms with Crippen molar-refractivity contribution in [3.8, 4) is 0 Å². The van der Waals surface area contributed by atoms with Crippen LogP contribution in [0.4, 0.5) is 5.69 Å². The Labute approximate surface area is 116 Å². The summed E-state index contributed by atoms with van der Waals surface area (Å²) in [6, 6.07) is 15.6. The van der Waals surface area contributed by atoms with Gasteiger partial charge in [0.2, 0.25) is 0 Å². The molecular weight excluding hydrogens is 250 g/mol. The Morgan fingerprint density at radius 1 is 0.900 bits per heavy atom. The van der Waals surface area contributed by atoms with Gasteiger partial charge in [-0.15, -0.1) is 0 Å². The van der Waals surface area contributed by atoms with Crippen molar-refractivity contribution < 1.29 is 9.59 Å². The summed E-state index contributed by atoms with van der Waals surface area (Å²) in [6.45, 7) is 0. The van der Waals surface area contributed by atoms with E-state index < -0.39 is 11.7 Å². The Morgan fingerprint density at radius 2 is 1.70 bits per heavy atom. The van der Waals surface area contributed by atoms with Gasteiger partial charge >= 0.3 is 5.91 Å². The molecule has 0 radical (unpaired) electrons. The van der Waals surface area contributed by atoms with Gasteiger partial charge in [-0.2, -0.15) is 0 Å². The van der Waals surface area contributed by atoms with Gasteiger partial charge in [0, 0.05) is 12.1 Å². The largest absolute Gasteiger partial charge is 0.303 e. The maximum Gasteiger partial charge on any atom is 0.303 e. The SMILES string of the molecule is O=C1C(=O)N2C=CC(c3ccccc3)c3cccc1c32. The number of anilines is 1. The lowest BCUT2D eigenvalue weighted by molar-refractivity contribution is -0.113. The minimum atomic E-state index is -0.463. The molecule has 0 saturated heterocycles. The summed E-state index contributed by atoms with van der Waals surface area (Å²) in [7, 11) is 0. The van der Waals surface area contributed by atoms with Crippen LogP contribution in [0.25, 0.3) is 0 Å². The second-order valence-electron chi connectivity index (χ2n) is 4.98. The van der Waals surface area contributed by atoms with Crippen LogP contribution in [0.1, 0.15) is 27.4 Å². The Kier molecular flexibility index (Phi) is 2.18. The fourth-order valence-electron chi connectivity index (χ4n) is 2.96. The number of benzene rings is 2. The number of carbonyl (C=O) groups is 2. The molecule has 2 heterocycles. The molecular formula is C17H11NO2. The van der Waals surface area contributed by atoms with Gasteiger partial charge in [-0.3, -0.25) is 14.5 Å². The molecule has 1 atom stereocenters. The molecule has 96 valence electrons. The van der Waals surface area contributed by atoms with Crippen LogP contribution in [0, 0.1) is 0 Å². The molecule has 20 heavy (non-hydrogen) atoms. The summed E-state index contributed by atoms with van der Waals surface area (Å²) in [4.78, 5) is 25.4. The van der Waals surface area contributed by atoms with Crippen molar-refractivity contribution in [3.05, 3.63) is 77.5 Å². The highest BCUT2D eigenvalue weighted by Gasteiger charge is 2.39. The monoisotopic (exact) mass is 261 g/mol. The van der Waals surface area contributed by atoms with Gasteiger partial charge in [-0.05, 0) is 17.2 Å². The Hall–Kier alpha value is -2.68. The van der Waals surface area contributed by atoms with Crippen LogP contribution in [0.5, 0.6) is 0 Å². The van der Waals surface area contributed by atoms with Crippen molar-refractivity contribution in [1.29, 1.82) is 0 Å². The van der Waals surface area contributed by atoms with E-state index in [0.29, 0.717) is 5.56 Å². The van der Waals surface area contributed by atoms with Crippen LogP contribution in [0.2, 0.25) is 0 Å². The third kappa shape index (κ3) is 1.35. The van der Waals surface area contributed by atoms with Gasteiger partial charge < -0.3 is 0 Å². The molecule has 3 nitrogen and oxygen atoms in total. The first-order chi connectivity index (χ1) is 9.77. The Balaban J connectivity index is 1.95. The summed E-state index contributed by atoms with van der Waals surface area (Å²) in [5.41, 5.74) is 3.43. The number of carbonyl (C=O) groups excluding carboxylic acids is 2. The van der Waals surface area contributed by atoms with E-state index in [1.807, 2.05) is 36.4 Å². The standard InChI is InChI=1S/C17H11NO2/c19-16-14-8-4-7-13-12(11-5-2-1-3-6-11)9-10-18(15(13)14)17(16)20/h1-10,12H. The second kappa shape index (κ2) is 3.90. The van der Waals surface area contributed by atoms with Crippen LogP contribution in [0.3, 0.4) is 0 Å². The van der Waals surface area contributed by atoms with Gasteiger partial charge in [-0.25, -0.2) is 0 Å². The van der Waals surface area contributed by atoms with Crippen molar-refractivity contribution in [3.63, 3.8) is 0 Å². The zero-order chi connectivity index (χ0) is 13.7. The number of rotatable bonds is 1. The van der Waals surface area contributed by atoms with Crippen LogP contribution in [-0.2, 0) is 4.79 Å². The molecule has 1 unspecified atom stereocenters. The number of allylic oxidation sites excluding steroid dienone is 1. The molecule has 2 aliphatic rings. The normalized spacial score (nSPS) is 19.4. The average Bonchev–Trinajstić information content (AvgIpc) is 2.76. The number of hydrogen-bond donors (Lipinski definition) is 0. The first kappa shape index (κ1) is 11.2. The molecule has 0 fully saturated rings. The summed E-state index contributed by atoms with van der Waals surface area (Å²) < 4.78 is 0. The zero-order valence-electron chi connectivity index (χ0n) is 10.6. The fraction of sp³-hybridized carbons (Fsp3) is 0.0588. The quantitative estimate of drug-likeness (QED) is 0.740. The van der Waals surface area contributed by atoms with E-state index in [4.69, 9.17) is 0 Å². The van der Waals surface area contributed by atoms with E-state index >= 15 is 0 Å². The molecule has 4 rings (SSSR count). The van der Waals surface area contributed by atoms with Crippen LogP contribution < -0.4 is 4.90 Å². The van der Waals surface area contributed by atoms with Crippen LogP contribution >= 0.6 is 0 Å². The van der Waals surface area contributed by atoms with E-state index in [2.05, 4.69) is 12.1 Å². The highest BCUT2D eigenvalue weighted by atomic mass is 16.2. The van der Waals surface area contributed by atoms with Gasteiger partial charge in [0.15, 0.2) is 0 Å². The molecule has 0 bridgehead atoms. The van der Waals surface area contributed by atoms with Crippen molar-refractivity contribution in [1.82, 2.24) is 0 Å². The number of hydrogen-bond acceptors (Lipinski definition) is 2. The molecule has 2 aromatic rings. The van der Waals surface area contributed by atoms with E-state index in [-0.39, 0.29) is 5.92 Å². The molecule has 1 amide bonds. The minimum absolute atomic E-state index is 0.0844. The van der Waals surface area contributed by atoms with Gasteiger partial charge in [0.05, 0.1) is 11.3 Å². The van der Waals surface area contributed by atoms with Gasteiger partial charge in [-0.1, -0.05) is 48.5 Å². The Bertz CT molecular complexity index is 762. The predicted octanol–water partition coefficient (Wildman–Crippen LogP) is 2.88. The average molecular weight is 261 g/mol. The Morgan fingerprint density at radius 3 is 2.50 bits per heavy atom. The topological polar surface area (TPSA) is 37.4 Å². The summed E-state index contributed by atoms with van der Waals surface area (Å²) in [5.74, 6) is -0.795. The summed E-state index contributed by atoms with van der Waals surface area (Å²) >= 11 is 0. The fourth-order valence-corrected chi connectivity index (χ4v) is 2.96. The van der Waals surface area contributed by atoms with E-state index in [1.54, 1.807) is 12.3 Å². The number of nitrogens with zero attached hydrogens (tertiary/aromatic N) is 1. The lowest BCUT2D eigenvalue weighted by Crippen LogP contribution is -2.26. The highest BCUT2D eigenvalue weighted by molar-refractivity contribution is 6.53. The van der Waals surface area contributed by atoms with Gasteiger partial charge in [0.25, 0.3) is 5.78 Å². The predicted molar refractivity (Wildman–Crippen MR) is 75.7 cm³/mol. The molecule has 0 aliphatic carbocycles. The first-order valence-corrected chi connectivity index (χ1v) is 6.51. The maximum absolute atomic E-state index is 12.0. The van der Waals surface area contributed by atoms with E-state index in [9.17, 15) is 9.59 Å². The molecule has 2 aromatic carbocycles. The molecule has 0 N–H and O–H groups in total. The third-order valence-electron chi connectivity index (χ3n) is 3.89. The maximum atomic E-state index is 12.0. The van der Waals surface area contributed by atoms with E-state index in [1.165, 1.54) is 4.90 Å². The van der Waals surface area contributed by atoms with Gasteiger partial charge in [0.1, 0.15) is 0 Å². The molecule has 0 saturated carbocycles. The third-order valence-corrected chi connectivity index (χ3v) is 3.89. The zero-order valence-corrected chi connectivity index (χ0v) is 10.6. The summed E-state index contributed by atoms with van der Waals surface area (Å²) in [5, 5.41) is 0. The molecule has 0 aromatic heterocycles. The van der Waals surface area contributed by atoms with Crippen LogP contribution in [0.15, 0.2) is 60.8 Å². The number of Topliss-reactive ketones (excluding diaryl/α,β-unsaturated/α-hetero) is 1. The molecule has 2 aliphatic heterocycles. The van der Waals surface area contributed by atoms with E-state index in [0.717, 1.165) is 16.8 Å². The van der Waals surface area contributed by atoms with Crippen molar-refractivity contribution >= 4 is 17.4 Å². The highest BCUT2D eigenvalue weighted by Crippen LogP contribution is 2.42. The number of ketones is 1. The number of amides is 1. The smallest absolute Gasteiger partial charge is 0.283 e. The summed E-state index contributed by atoms with van der Waals surface area (Å²) in [6.07, 6.45) is 3.69. The second-order valence-corrected chi connectivity index (χ2v) is 4.98. The minimum Gasteiger partial charge on any atom is -0.283 e. The lowest BCUT2D eigenvalue weighted by Gasteiger charge is -2.25.